The summed E-state index contributed by atoms with van der Waals surface area (Å²) >= 11 is 1.84. The first kappa shape index (κ1) is 10.6. The zero-order valence-corrected chi connectivity index (χ0v) is 9.15. The van der Waals surface area contributed by atoms with E-state index in [-0.39, 0.29) is 0 Å². The van der Waals surface area contributed by atoms with Gasteiger partial charge >= 0.3 is 0 Å². The molecule has 2 nitrogen and oxygen atoms in total. The Kier molecular flexibility index (Phi) is 4.98. The zero-order valence-electron chi connectivity index (χ0n) is 8.33. The maximum atomic E-state index is 4.50. The maximum absolute atomic E-state index is 4.50. The molecule has 0 N–H and O–H groups in total. The molecule has 0 unspecified atom stereocenters. The highest BCUT2D eigenvalue weighted by molar-refractivity contribution is 8.13. The van der Waals surface area contributed by atoms with Crippen LogP contribution < -0.4 is 0 Å². The lowest BCUT2D eigenvalue weighted by molar-refractivity contribution is 0.529. The zero-order chi connectivity index (χ0) is 9.52. The number of aliphatic imine (C=N–C) groups is 1. The van der Waals surface area contributed by atoms with Gasteiger partial charge in [-0.1, -0.05) is 24.8 Å². The van der Waals surface area contributed by atoms with E-state index in [1.807, 2.05) is 17.8 Å². The van der Waals surface area contributed by atoms with Crippen LogP contribution in [0.1, 0.15) is 19.8 Å². The third kappa shape index (κ3) is 3.43. The first-order valence-electron chi connectivity index (χ1n) is 4.91. The summed E-state index contributed by atoms with van der Waals surface area (Å²) in [6.45, 7) is 8.97. The Labute approximate surface area is 85.1 Å². The quantitative estimate of drug-likeness (QED) is 0.393. The Bertz CT molecular complexity index is 183. The van der Waals surface area contributed by atoms with E-state index in [0.717, 1.165) is 12.3 Å². The van der Waals surface area contributed by atoms with Gasteiger partial charge in [-0.3, -0.25) is 4.99 Å². The van der Waals surface area contributed by atoms with Crippen LogP contribution in [0.4, 0.5) is 0 Å². The minimum atomic E-state index is 0.749. The molecule has 1 aliphatic rings. The first-order valence-corrected chi connectivity index (χ1v) is 5.90. The van der Waals surface area contributed by atoms with Crippen LogP contribution in [0, 0.1) is 0 Å². The molecule has 0 spiro atoms. The Balaban J connectivity index is 2.48. The largest absolute Gasteiger partial charge is 0.351 e. The van der Waals surface area contributed by atoms with Gasteiger partial charge in [-0.2, -0.15) is 0 Å². The van der Waals surface area contributed by atoms with Crippen molar-refractivity contribution in [2.45, 2.75) is 19.8 Å². The molecule has 3 heteroatoms. The second-order valence-corrected chi connectivity index (χ2v) is 4.27. The average molecular weight is 198 g/mol. The average Bonchev–Trinajstić information content (AvgIpc) is 2.65. The standard InChI is InChI=1S/C10H18N2S/c1-3-7-11-10(13-4-2)12-8-5-6-9-12/h3H,1,4-9H2,2H3. The van der Waals surface area contributed by atoms with Gasteiger partial charge in [-0.25, -0.2) is 0 Å². The van der Waals surface area contributed by atoms with Gasteiger partial charge in [-0.15, -0.1) is 6.58 Å². The summed E-state index contributed by atoms with van der Waals surface area (Å²) in [4.78, 5) is 6.89. The van der Waals surface area contributed by atoms with Gasteiger partial charge in [0.15, 0.2) is 5.17 Å². The Hall–Kier alpha value is -0.440. The van der Waals surface area contributed by atoms with Gasteiger partial charge in [0.1, 0.15) is 0 Å². The summed E-state index contributed by atoms with van der Waals surface area (Å²) in [6.07, 6.45) is 4.49. The predicted molar refractivity (Wildman–Crippen MR) is 61.4 cm³/mol. The summed E-state index contributed by atoms with van der Waals surface area (Å²) in [5.74, 6) is 1.10. The molecule has 0 aromatic rings. The van der Waals surface area contributed by atoms with Crippen LogP contribution in [0.2, 0.25) is 0 Å². The van der Waals surface area contributed by atoms with E-state index in [4.69, 9.17) is 0 Å². The van der Waals surface area contributed by atoms with E-state index < -0.39 is 0 Å². The maximum Gasteiger partial charge on any atom is 0.159 e. The molecular formula is C10H18N2S. The van der Waals surface area contributed by atoms with Gasteiger partial charge in [0, 0.05) is 13.1 Å². The summed E-state index contributed by atoms with van der Waals surface area (Å²) in [5.41, 5.74) is 0. The second kappa shape index (κ2) is 6.08. The van der Waals surface area contributed by atoms with Crippen molar-refractivity contribution in [2.75, 3.05) is 25.4 Å². The highest BCUT2D eigenvalue weighted by atomic mass is 32.2. The van der Waals surface area contributed by atoms with Gasteiger partial charge in [0.05, 0.1) is 6.54 Å². The Morgan fingerprint density at radius 3 is 2.77 bits per heavy atom. The third-order valence-electron chi connectivity index (χ3n) is 2.01. The summed E-state index contributed by atoms with van der Waals surface area (Å²) < 4.78 is 0. The Morgan fingerprint density at radius 1 is 1.54 bits per heavy atom. The number of likely N-dealkylation sites (tertiary alicyclic amines) is 1. The van der Waals surface area contributed by atoms with E-state index in [2.05, 4.69) is 23.4 Å². The fraction of sp³-hybridized carbons (Fsp3) is 0.700. The monoisotopic (exact) mass is 198 g/mol. The van der Waals surface area contributed by atoms with Gasteiger partial charge in [0.2, 0.25) is 0 Å². The summed E-state index contributed by atoms with van der Waals surface area (Å²) in [5, 5.41) is 1.21. The molecule has 1 rings (SSSR count). The number of hydrogen-bond acceptors (Lipinski definition) is 2. The molecule has 1 saturated heterocycles. The van der Waals surface area contributed by atoms with Crippen LogP contribution in [0.15, 0.2) is 17.6 Å². The molecule has 0 aromatic heterocycles. The molecule has 13 heavy (non-hydrogen) atoms. The van der Waals surface area contributed by atoms with Crippen LogP contribution in [-0.2, 0) is 0 Å². The number of hydrogen-bond donors (Lipinski definition) is 0. The van der Waals surface area contributed by atoms with Gasteiger partial charge in [-0.05, 0) is 18.6 Å². The topological polar surface area (TPSA) is 15.6 Å². The minimum absolute atomic E-state index is 0.749. The lowest BCUT2D eigenvalue weighted by atomic mass is 10.4. The Morgan fingerprint density at radius 2 is 2.23 bits per heavy atom. The molecule has 0 atom stereocenters. The predicted octanol–water partition coefficient (Wildman–Crippen LogP) is 2.38. The van der Waals surface area contributed by atoms with E-state index in [9.17, 15) is 0 Å². The lowest BCUT2D eigenvalue weighted by Gasteiger charge is -2.18. The number of rotatable bonds is 3. The lowest BCUT2D eigenvalue weighted by Crippen LogP contribution is -2.25. The van der Waals surface area contributed by atoms with Crippen LogP contribution in [-0.4, -0.2) is 35.5 Å². The SMILES string of the molecule is C=CCN=C(SCC)N1CCCC1. The minimum Gasteiger partial charge on any atom is -0.351 e. The molecule has 0 amide bonds. The van der Waals surface area contributed by atoms with E-state index in [1.165, 1.54) is 31.1 Å². The number of nitrogens with zero attached hydrogens (tertiary/aromatic N) is 2. The van der Waals surface area contributed by atoms with Crippen molar-refractivity contribution in [1.29, 1.82) is 0 Å². The smallest absolute Gasteiger partial charge is 0.159 e. The molecule has 1 aliphatic heterocycles. The van der Waals surface area contributed by atoms with Crippen molar-refractivity contribution in [3.05, 3.63) is 12.7 Å². The molecule has 0 radical (unpaired) electrons. The molecule has 0 saturated carbocycles. The summed E-state index contributed by atoms with van der Waals surface area (Å²) in [7, 11) is 0. The van der Waals surface area contributed by atoms with Crippen molar-refractivity contribution in [3.63, 3.8) is 0 Å². The van der Waals surface area contributed by atoms with Crippen molar-refractivity contribution < 1.29 is 0 Å². The fourth-order valence-electron chi connectivity index (χ4n) is 1.42. The molecule has 1 heterocycles. The van der Waals surface area contributed by atoms with Crippen LogP contribution in [0.3, 0.4) is 0 Å². The normalized spacial score (nSPS) is 17.9. The van der Waals surface area contributed by atoms with Crippen molar-refractivity contribution >= 4 is 16.9 Å². The van der Waals surface area contributed by atoms with Gasteiger partial charge < -0.3 is 4.90 Å². The molecule has 74 valence electrons. The van der Waals surface area contributed by atoms with E-state index in [0.29, 0.717) is 0 Å². The molecule has 1 fully saturated rings. The van der Waals surface area contributed by atoms with Crippen LogP contribution in [0.5, 0.6) is 0 Å². The van der Waals surface area contributed by atoms with Crippen molar-refractivity contribution in [2.24, 2.45) is 4.99 Å². The fourth-order valence-corrected chi connectivity index (χ4v) is 2.21. The molecule has 0 bridgehead atoms. The van der Waals surface area contributed by atoms with Crippen molar-refractivity contribution in [1.82, 2.24) is 4.90 Å². The van der Waals surface area contributed by atoms with Crippen molar-refractivity contribution in [3.8, 4) is 0 Å². The number of thioether (sulfide) groups is 1. The third-order valence-corrected chi connectivity index (χ3v) is 2.94. The van der Waals surface area contributed by atoms with E-state index >= 15 is 0 Å². The first-order chi connectivity index (χ1) is 6.38. The molecular weight excluding hydrogens is 180 g/mol. The highest BCUT2D eigenvalue weighted by Gasteiger charge is 2.15. The highest BCUT2D eigenvalue weighted by Crippen LogP contribution is 2.15. The number of amidine groups is 1. The van der Waals surface area contributed by atoms with Crippen LogP contribution >= 0.6 is 11.8 Å². The van der Waals surface area contributed by atoms with E-state index in [1.54, 1.807) is 0 Å². The van der Waals surface area contributed by atoms with Gasteiger partial charge in [0.25, 0.3) is 0 Å². The summed E-state index contributed by atoms with van der Waals surface area (Å²) in [6, 6.07) is 0. The molecule has 0 aliphatic carbocycles. The second-order valence-electron chi connectivity index (χ2n) is 3.04. The van der Waals surface area contributed by atoms with Crippen LogP contribution in [0.25, 0.3) is 0 Å². The molecule has 0 aromatic carbocycles.